The van der Waals surface area contributed by atoms with Gasteiger partial charge in [-0.05, 0) is 30.3 Å². The second kappa shape index (κ2) is 6.51. The minimum absolute atomic E-state index is 0.255. The lowest BCUT2D eigenvalue weighted by Crippen LogP contribution is -2.46. The zero-order chi connectivity index (χ0) is 17.0. The molecule has 0 aliphatic carbocycles. The topological polar surface area (TPSA) is 96.1 Å². The second-order valence-corrected chi connectivity index (χ2v) is 6.05. The lowest BCUT2D eigenvalue weighted by Gasteiger charge is -2.17. The summed E-state index contributed by atoms with van der Waals surface area (Å²) in [5.41, 5.74) is 5.88. The van der Waals surface area contributed by atoms with Crippen LogP contribution in [0.5, 0.6) is 5.75 Å². The highest BCUT2D eigenvalue weighted by atomic mass is 16.5. The van der Waals surface area contributed by atoms with Crippen LogP contribution in [-0.2, 0) is 4.79 Å². The fourth-order valence-electron chi connectivity index (χ4n) is 1.72. The summed E-state index contributed by atoms with van der Waals surface area (Å²) in [5.74, 6) is 0.00255. The van der Waals surface area contributed by atoms with E-state index in [1.165, 1.54) is 0 Å². The maximum absolute atomic E-state index is 12.0. The Morgan fingerprint density at radius 1 is 1.13 bits per heavy atom. The van der Waals surface area contributed by atoms with E-state index in [0.29, 0.717) is 5.69 Å². The van der Waals surface area contributed by atoms with E-state index >= 15 is 0 Å². The van der Waals surface area contributed by atoms with Gasteiger partial charge in [-0.1, -0.05) is 20.8 Å². The number of carbonyl (C=O) groups is 2. The van der Waals surface area contributed by atoms with Crippen molar-refractivity contribution in [1.82, 2.24) is 21.0 Å². The molecule has 2 rings (SSSR count). The molecular weight excluding hydrogens is 296 g/mol. The van der Waals surface area contributed by atoms with Crippen LogP contribution in [0.25, 0.3) is 11.3 Å². The van der Waals surface area contributed by atoms with Gasteiger partial charge in [0.25, 0.3) is 5.91 Å². The Labute approximate surface area is 134 Å². The number of hydrazine groups is 1. The molecule has 0 aliphatic rings. The molecule has 0 saturated heterocycles. The number of aromatic amines is 1. The fraction of sp³-hybridized carbons (Fsp3) is 0.312. The van der Waals surface area contributed by atoms with Crippen LogP contribution < -0.4 is 15.6 Å². The second-order valence-electron chi connectivity index (χ2n) is 6.05. The molecule has 1 aromatic carbocycles. The molecule has 0 bridgehead atoms. The molecule has 0 spiro atoms. The van der Waals surface area contributed by atoms with Crippen LogP contribution in [-0.4, -0.2) is 29.1 Å². The third kappa shape index (κ3) is 4.09. The molecule has 3 N–H and O–H groups in total. The molecule has 2 aromatic rings. The molecule has 7 nitrogen and oxygen atoms in total. The number of hydrogen-bond donors (Lipinski definition) is 3. The first kappa shape index (κ1) is 16.5. The molecule has 2 amide bonds. The third-order valence-electron chi connectivity index (χ3n) is 3.18. The van der Waals surface area contributed by atoms with Crippen LogP contribution in [0.3, 0.4) is 0 Å². The Hall–Kier alpha value is -2.83. The van der Waals surface area contributed by atoms with Crippen molar-refractivity contribution < 1.29 is 14.3 Å². The van der Waals surface area contributed by atoms with Crippen molar-refractivity contribution in [3.8, 4) is 17.0 Å². The predicted molar refractivity (Wildman–Crippen MR) is 85.6 cm³/mol. The van der Waals surface area contributed by atoms with E-state index in [-0.39, 0.29) is 11.6 Å². The normalized spacial score (nSPS) is 11.0. The van der Waals surface area contributed by atoms with Crippen molar-refractivity contribution in [2.75, 3.05) is 7.11 Å². The van der Waals surface area contributed by atoms with Gasteiger partial charge in [-0.2, -0.15) is 5.10 Å². The number of methoxy groups -OCH3 is 1. The highest BCUT2D eigenvalue weighted by Gasteiger charge is 2.22. The Balaban J connectivity index is 2.03. The number of ether oxygens (including phenoxy) is 1. The van der Waals surface area contributed by atoms with Crippen molar-refractivity contribution in [1.29, 1.82) is 0 Å². The van der Waals surface area contributed by atoms with E-state index in [1.54, 1.807) is 33.9 Å². The van der Waals surface area contributed by atoms with Crippen molar-refractivity contribution in [3.63, 3.8) is 0 Å². The van der Waals surface area contributed by atoms with Crippen molar-refractivity contribution in [2.45, 2.75) is 20.8 Å². The van der Waals surface area contributed by atoms with E-state index in [1.807, 2.05) is 24.3 Å². The van der Waals surface area contributed by atoms with Gasteiger partial charge in [-0.3, -0.25) is 25.5 Å². The number of aromatic nitrogens is 2. The number of carbonyl (C=O) groups excluding carboxylic acids is 2. The number of nitrogens with one attached hydrogen (secondary N) is 3. The summed E-state index contributed by atoms with van der Waals surface area (Å²) >= 11 is 0. The number of H-pyrrole nitrogens is 1. The van der Waals surface area contributed by atoms with Gasteiger partial charge in [0.2, 0.25) is 5.91 Å². The number of nitrogens with zero attached hydrogens (tertiary/aromatic N) is 1. The van der Waals surface area contributed by atoms with E-state index in [4.69, 9.17) is 4.74 Å². The summed E-state index contributed by atoms with van der Waals surface area (Å²) in [6.45, 7) is 5.27. The number of amides is 2. The van der Waals surface area contributed by atoms with Crippen LogP contribution in [0.15, 0.2) is 30.3 Å². The Morgan fingerprint density at radius 3 is 2.35 bits per heavy atom. The fourth-order valence-corrected chi connectivity index (χ4v) is 1.72. The van der Waals surface area contributed by atoms with Crippen LogP contribution >= 0.6 is 0 Å². The van der Waals surface area contributed by atoms with E-state index in [2.05, 4.69) is 21.0 Å². The number of benzene rings is 1. The highest BCUT2D eigenvalue weighted by molar-refractivity contribution is 5.95. The standard InChI is InChI=1S/C16H20N4O3/c1-16(2,3)15(22)20-19-14(21)13-9-12(17-18-13)10-5-7-11(23-4)8-6-10/h5-9H,1-4H3,(H,17,18)(H,19,21)(H,20,22). The van der Waals surface area contributed by atoms with E-state index < -0.39 is 11.3 Å². The van der Waals surface area contributed by atoms with Crippen molar-refractivity contribution in [3.05, 3.63) is 36.0 Å². The Kier molecular flexibility index (Phi) is 4.68. The smallest absolute Gasteiger partial charge is 0.287 e. The highest BCUT2D eigenvalue weighted by Crippen LogP contribution is 2.21. The van der Waals surface area contributed by atoms with Gasteiger partial charge < -0.3 is 4.74 Å². The molecule has 1 aromatic heterocycles. The summed E-state index contributed by atoms with van der Waals surface area (Å²) in [7, 11) is 1.60. The summed E-state index contributed by atoms with van der Waals surface area (Å²) in [6.07, 6.45) is 0. The number of hydrogen-bond acceptors (Lipinski definition) is 4. The lowest BCUT2D eigenvalue weighted by atomic mass is 9.96. The molecular formula is C16H20N4O3. The van der Waals surface area contributed by atoms with Crippen LogP contribution in [0.4, 0.5) is 0 Å². The minimum atomic E-state index is -0.588. The van der Waals surface area contributed by atoms with Crippen LogP contribution in [0.1, 0.15) is 31.3 Å². The average molecular weight is 316 g/mol. The summed E-state index contributed by atoms with van der Waals surface area (Å²) in [5, 5.41) is 6.75. The maximum Gasteiger partial charge on any atom is 0.287 e. The average Bonchev–Trinajstić information content (AvgIpc) is 3.01. The molecule has 0 aliphatic heterocycles. The SMILES string of the molecule is COc1ccc(-c2cc(C(=O)NNC(=O)C(C)(C)C)[nH]n2)cc1. The van der Waals surface area contributed by atoms with Gasteiger partial charge >= 0.3 is 0 Å². The van der Waals surface area contributed by atoms with E-state index in [9.17, 15) is 9.59 Å². The first-order valence-corrected chi connectivity index (χ1v) is 7.12. The molecule has 0 fully saturated rings. The number of rotatable bonds is 3. The summed E-state index contributed by atoms with van der Waals surface area (Å²) in [6, 6.07) is 8.93. The molecule has 0 saturated carbocycles. The molecule has 122 valence electrons. The zero-order valence-corrected chi connectivity index (χ0v) is 13.6. The lowest BCUT2D eigenvalue weighted by molar-refractivity contribution is -0.129. The van der Waals surface area contributed by atoms with Crippen LogP contribution in [0.2, 0.25) is 0 Å². The largest absolute Gasteiger partial charge is 0.497 e. The molecule has 0 atom stereocenters. The van der Waals surface area contributed by atoms with Gasteiger partial charge in [0.05, 0.1) is 12.8 Å². The van der Waals surface area contributed by atoms with Gasteiger partial charge in [-0.15, -0.1) is 0 Å². The Morgan fingerprint density at radius 2 is 1.78 bits per heavy atom. The monoisotopic (exact) mass is 316 g/mol. The molecule has 1 heterocycles. The van der Waals surface area contributed by atoms with Gasteiger partial charge in [-0.25, -0.2) is 0 Å². The van der Waals surface area contributed by atoms with Gasteiger partial charge in [0, 0.05) is 11.0 Å². The quantitative estimate of drug-likeness (QED) is 0.753. The van der Waals surface area contributed by atoms with Gasteiger partial charge in [0.1, 0.15) is 11.4 Å². The van der Waals surface area contributed by atoms with Crippen molar-refractivity contribution >= 4 is 11.8 Å². The third-order valence-corrected chi connectivity index (χ3v) is 3.18. The van der Waals surface area contributed by atoms with Gasteiger partial charge in [0.15, 0.2) is 0 Å². The first-order chi connectivity index (χ1) is 10.8. The minimum Gasteiger partial charge on any atom is -0.497 e. The molecule has 23 heavy (non-hydrogen) atoms. The van der Waals surface area contributed by atoms with Crippen molar-refractivity contribution in [2.24, 2.45) is 5.41 Å². The maximum atomic E-state index is 12.0. The predicted octanol–water partition coefficient (Wildman–Crippen LogP) is 1.89. The molecule has 0 unspecified atom stereocenters. The molecule has 0 radical (unpaired) electrons. The summed E-state index contributed by atoms with van der Waals surface area (Å²) in [4.78, 5) is 23.7. The first-order valence-electron chi connectivity index (χ1n) is 7.12. The van der Waals surface area contributed by atoms with E-state index in [0.717, 1.165) is 11.3 Å². The summed E-state index contributed by atoms with van der Waals surface area (Å²) < 4.78 is 5.10. The molecule has 7 heteroatoms. The zero-order valence-electron chi connectivity index (χ0n) is 13.6. The van der Waals surface area contributed by atoms with Crippen LogP contribution in [0, 0.1) is 5.41 Å². The Bertz CT molecular complexity index is 699.